The van der Waals surface area contributed by atoms with Gasteiger partial charge in [0.2, 0.25) is 10.0 Å². The zero-order chi connectivity index (χ0) is 24.2. The minimum Gasteiger partial charge on any atom is -0.492 e. The van der Waals surface area contributed by atoms with E-state index in [0.717, 1.165) is 5.69 Å². The third-order valence-corrected chi connectivity index (χ3v) is 6.76. The van der Waals surface area contributed by atoms with Crippen LogP contribution in [0.15, 0.2) is 47.4 Å². The number of nitriles is 1. The van der Waals surface area contributed by atoms with Crippen LogP contribution in [0.5, 0.6) is 5.75 Å². The third-order valence-electron chi connectivity index (χ3n) is 5.35. The van der Waals surface area contributed by atoms with Crippen molar-refractivity contribution in [2.75, 3.05) is 44.7 Å². The van der Waals surface area contributed by atoms with Crippen LogP contribution in [0.25, 0.3) is 0 Å². The predicted octanol–water partition coefficient (Wildman–Crippen LogP) is 2.85. The number of piperazine rings is 1. The van der Waals surface area contributed by atoms with Gasteiger partial charge in [0.25, 0.3) is 5.91 Å². The molecule has 0 radical (unpaired) electrons. The summed E-state index contributed by atoms with van der Waals surface area (Å²) in [6.07, 6.45) is 0. The second-order valence-corrected chi connectivity index (χ2v) is 11.0. The molecular formula is C24H30N4O4S. The Morgan fingerprint density at radius 2 is 1.73 bits per heavy atom. The quantitative estimate of drug-likeness (QED) is 0.696. The van der Waals surface area contributed by atoms with E-state index in [1.807, 2.05) is 32.9 Å². The van der Waals surface area contributed by atoms with E-state index >= 15 is 0 Å². The van der Waals surface area contributed by atoms with Crippen molar-refractivity contribution in [3.05, 3.63) is 53.6 Å². The van der Waals surface area contributed by atoms with Gasteiger partial charge in [-0.15, -0.1) is 0 Å². The Labute approximate surface area is 195 Å². The predicted molar refractivity (Wildman–Crippen MR) is 127 cm³/mol. The molecule has 1 aliphatic rings. The topological polar surface area (TPSA) is 103 Å². The van der Waals surface area contributed by atoms with Gasteiger partial charge >= 0.3 is 0 Å². The molecule has 8 nitrogen and oxygen atoms in total. The van der Waals surface area contributed by atoms with Gasteiger partial charge in [-0.05, 0) is 54.9 Å². The van der Waals surface area contributed by atoms with Crippen molar-refractivity contribution in [2.45, 2.75) is 25.7 Å². The fraction of sp³-hybridized carbons (Fsp3) is 0.417. The summed E-state index contributed by atoms with van der Waals surface area (Å²) in [5.41, 5.74) is 1.72. The summed E-state index contributed by atoms with van der Waals surface area (Å²) in [6.45, 7) is 8.69. The molecule has 1 saturated heterocycles. The third kappa shape index (κ3) is 6.03. The molecule has 0 aliphatic carbocycles. The smallest absolute Gasteiger partial charge is 0.257 e. The minimum absolute atomic E-state index is 0.0210. The first-order valence-corrected chi connectivity index (χ1v) is 12.3. The van der Waals surface area contributed by atoms with Crippen LogP contribution in [0.3, 0.4) is 0 Å². The lowest BCUT2D eigenvalue weighted by molar-refractivity contribution is 0.0739. The van der Waals surface area contributed by atoms with Crippen LogP contribution in [0, 0.1) is 16.7 Å². The Bertz CT molecular complexity index is 1140. The van der Waals surface area contributed by atoms with Gasteiger partial charge < -0.3 is 14.5 Å². The Morgan fingerprint density at radius 1 is 1.09 bits per heavy atom. The van der Waals surface area contributed by atoms with E-state index in [2.05, 4.69) is 15.7 Å². The van der Waals surface area contributed by atoms with Crippen molar-refractivity contribution in [3.8, 4) is 11.8 Å². The van der Waals surface area contributed by atoms with Crippen LogP contribution in [0.1, 0.15) is 36.7 Å². The molecule has 0 aromatic heterocycles. The molecule has 1 aliphatic heterocycles. The summed E-state index contributed by atoms with van der Waals surface area (Å²) in [5.74, 6) is 0.117. The fourth-order valence-corrected chi connectivity index (χ4v) is 4.22. The van der Waals surface area contributed by atoms with Crippen molar-refractivity contribution in [1.29, 1.82) is 5.26 Å². The molecule has 1 heterocycles. The molecule has 1 fully saturated rings. The molecule has 1 amide bonds. The highest BCUT2D eigenvalue weighted by Gasteiger charge is 2.27. The van der Waals surface area contributed by atoms with Gasteiger partial charge in [0.05, 0.1) is 28.7 Å². The van der Waals surface area contributed by atoms with E-state index in [0.29, 0.717) is 44.1 Å². The summed E-state index contributed by atoms with van der Waals surface area (Å²) in [4.78, 5) is 17.3. The lowest BCUT2D eigenvalue weighted by Gasteiger charge is -2.36. The molecular weight excluding hydrogens is 440 g/mol. The first-order valence-electron chi connectivity index (χ1n) is 10.8. The minimum atomic E-state index is -3.70. The number of carbonyl (C=O) groups is 1. The number of hydrogen-bond acceptors (Lipinski definition) is 6. The highest BCUT2D eigenvalue weighted by molar-refractivity contribution is 7.89. The summed E-state index contributed by atoms with van der Waals surface area (Å²) >= 11 is 0. The van der Waals surface area contributed by atoms with Gasteiger partial charge in [-0.25, -0.2) is 13.1 Å². The van der Waals surface area contributed by atoms with E-state index < -0.39 is 10.0 Å². The van der Waals surface area contributed by atoms with Crippen LogP contribution in [-0.2, 0) is 10.0 Å². The molecule has 1 N–H and O–H groups in total. The highest BCUT2D eigenvalue weighted by atomic mass is 32.2. The Hall–Kier alpha value is -3.09. The molecule has 3 rings (SSSR count). The Kier molecular flexibility index (Phi) is 7.30. The molecule has 33 heavy (non-hydrogen) atoms. The zero-order valence-corrected chi connectivity index (χ0v) is 20.3. The molecule has 0 saturated carbocycles. The average Bonchev–Trinajstić information content (AvgIpc) is 2.82. The Morgan fingerprint density at radius 3 is 2.27 bits per heavy atom. The second kappa shape index (κ2) is 9.81. The van der Waals surface area contributed by atoms with Gasteiger partial charge in [0, 0.05) is 31.9 Å². The monoisotopic (exact) mass is 470 g/mol. The molecule has 0 bridgehead atoms. The molecule has 9 heteroatoms. The van der Waals surface area contributed by atoms with Crippen molar-refractivity contribution in [3.63, 3.8) is 0 Å². The maximum absolute atomic E-state index is 13.4. The van der Waals surface area contributed by atoms with Crippen LogP contribution in [-0.4, -0.2) is 59.1 Å². The van der Waals surface area contributed by atoms with Crippen molar-refractivity contribution < 1.29 is 17.9 Å². The number of amides is 1. The first-order chi connectivity index (χ1) is 15.5. The van der Waals surface area contributed by atoms with E-state index in [-0.39, 0.29) is 21.8 Å². The van der Waals surface area contributed by atoms with Crippen LogP contribution in [0.2, 0.25) is 0 Å². The maximum Gasteiger partial charge on any atom is 0.257 e. The molecule has 0 spiro atoms. The Balaban J connectivity index is 1.80. The SMILES string of the molecule is CNS(=O)(=O)c1ccc(OCC(C)(C)C)c(C(=O)N2CCN(c3ccc(C#N)cc3)CC2)c1. The normalized spacial score (nSPS) is 14.6. The van der Waals surface area contributed by atoms with Crippen molar-refractivity contribution >= 4 is 21.6 Å². The number of carbonyl (C=O) groups excluding carboxylic acids is 1. The summed E-state index contributed by atoms with van der Waals surface area (Å²) in [6, 6.07) is 13.9. The average molecular weight is 471 g/mol. The fourth-order valence-electron chi connectivity index (χ4n) is 3.47. The number of sulfonamides is 1. The van der Waals surface area contributed by atoms with Gasteiger partial charge in [0.15, 0.2) is 0 Å². The number of nitrogens with one attached hydrogen (secondary N) is 1. The summed E-state index contributed by atoms with van der Waals surface area (Å²) < 4.78 is 32.9. The van der Waals surface area contributed by atoms with Crippen molar-refractivity contribution in [1.82, 2.24) is 9.62 Å². The molecule has 176 valence electrons. The van der Waals surface area contributed by atoms with Crippen LogP contribution >= 0.6 is 0 Å². The summed E-state index contributed by atoms with van der Waals surface area (Å²) in [5, 5.41) is 8.97. The van der Waals surface area contributed by atoms with Gasteiger partial charge in [-0.1, -0.05) is 20.8 Å². The second-order valence-electron chi connectivity index (χ2n) is 9.15. The maximum atomic E-state index is 13.4. The van der Waals surface area contributed by atoms with Gasteiger partial charge in [0.1, 0.15) is 5.75 Å². The number of benzene rings is 2. The van der Waals surface area contributed by atoms with Gasteiger partial charge in [-0.2, -0.15) is 5.26 Å². The number of hydrogen-bond donors (Lipinski definition) is 1. The number of nitrogens with zero attached hydrogens (tertiary/aromatic N) is 3. The lowest BCUT2D eigenvalue weighted by Crippen LogP contribution is -2.48. The van der Waals surface area contributed by atoms with Crippen LogP contribution < -0.4 is 14.4 Å². The van der Waals surface area contributed by atoms with E-state index in [1.54, 1.807) is 23.1 Å². The van der Waals surface area contributed by atoms with Crippen molar-refractivity contribution in [2.24, 2.45) is 5.41 Å². The highest BCUT2D eigenvalue weighted by Crippen LogP contribution is 2.27. The standard InChI is InChI=1S/C24H30N4O4S/c1-24(2,3)17-32-22-10-9-20(33(30,31)26-4)15-21(22)23(29)28-13-11-27(12-14-28)19-7-5-18(16-25)6-8-19/h5-10,15,26H,11-14,17H2,1-4H3. The molecule has 2 aromatic rings. The lowest BCUT2D eigenvalue weighted by atomic mass is 9.98. The van der Waals surface area contributed by atoms with Gasteiger partial charge in [-0.3, -0.25) is 4.79 Å². The molecule has 0 atom stereocenters. The zero-order valence-electron chi connectivity index (χ0n) is 19.5. The summed E-state index contributed by atoms with van der Waals surface area (Å²) in [7, 11) is -2.37. The number of rotatable bonds is 6. The largest absolute Gasteiger partial charge is 0.492 e. The number of ether oxygens (including phenoxy) is 1. The van der Waals surface area contributed by atoms with E-state index in [4.69, 9.17) is 10.00 Å². The van der Waals surface area contributed by atoms with Crippen LogP contribution in [0.4, 0.5) is 5.69 Å². The van der Waals surface area contributed by atoms with E-state index in [1.165, 1.54) is 19.2 Å². The molecule has 0 unspecified atom stereocenters. The van der Waals surface area contributed by atoms with E-state index in [9.17, 15) is 13.2 Å². The molecule has 2 aromatic carbocycles. The number of anilines is 1. The first kappa shape index (κ1) is 24.6.